The van der Waals surface area contributed by atoms with Gasteiger partial charge in [0.2, 0.25) is 0 Å². The van der Waals surface area contributed by atoms with Gasteiger partial charge in [0, 0.05) is 11.9 Å². The molecule has 3 rings (SSSR count). The molecule has 3 aromatic carbocycles. The second-order valence-electron chi connectivity index (χ2n) is 8.03. The summed E-state index contributed by atoms with van der Waals surface area (Å²) in [6, 6.07) is 16.3. The number of anilines is 1. The Morgan fingerprint density at radius 1 is 0.774 bits per heavy atom. The van der Waals surface area contributed by atoms with Crippen LogP contribution < -0.4 is 5.73 Å². The highest BCUT2D eigenvalue weighted by molar-refractivity contribution is 5.83. The molecule has 0 heterocycles. The second-order valence-corrected chi connectivity index (χ2v) is 8.03. The first kappa shape index (κ1) is 22.6. The van der Waals surface area contributed by atoms with Crippen molar-refractivity contribution in [2.75, 3.05) is 5.73 Å². The van der Waals surface area contributed by atoms with Crippen LogP contribution in [0.3, 0.4) is 0 Å². The lowest BCUT2D eigenvalue weighted by Gasteiger charge is -2.15. The van der Waals surface area contributed by atoms with E-state index in [1.54, 1.807) is 12.1 Å². The molecule has 0 fully saturated rings. The van der Waals surface area contributed by atoms with Gasteiger partial charge >= 0.3 is 0 Å². The molecule has 3 N–H and O–H groups in total. The van der Waals surface area contributed by atoms with Gasteiger partial charge in [0.1, 0.15) is 5.75 Å². The third-order valence-corrected chi connectivity index (χ3v) is 5.88. The molecule has 3 heteroatoms. The summed E-state index contributed by atoms with van der Waals surface area (Å²) in [6.45, 7) is 8.69. The minimum absolute atomic E-state index is 0.257. The van der Waals surface area contributed by atoms with Gasteiger partial charge in [-0.15, -0.1) is 0 Å². The van der Waals surface area contributed by atoms with Crippen LogP contribution in [0.15, 0.2) is 53.5 Å². The topological polar surface area (TPSA) is 58.6 Å². The van der Waals surface area contributed by atoms with E-state index in [1.807, 2.05) is 18.3 Å². The fraction of sp³-hybridized carbons (Fsp3) is 0.321. The summed E-state index contributed by atoms with van der Waals surface area (Å²) in [7, 11) is 0. The molecule has 0 aliphatic rings. The Morgan fingerprint density at radius 3 is 1.77 bits per heavy atom. The van der Waals surface area contributed by atoms with Crippen molar-refractivity contribution < 1.29 is 5.11 Å². The highest BCUT2D eigenvalue weighted by Gasteiger charge is 2.11. The summed E-state index contributed by atoms with van der Waals surface area (Å²) in [5, 5.41) is 9.71. The Kier molecular flexibility index (Phi) is 7.51. The van der Waals surface area contributed by atoms with Crippen molar-refractivity contribution in [1.82, 2.24) is 0 Å². The number of rotatable bonds is 8. The van der Waals surface area contributed by atoms with Gasteiger partial charge in [0.05, 0.1) is 5.69 Å². The zero-order chi connectivity index (χ0) is 22.4. The number of hydrogen-bond donors (Lipinski definition) is 2. The summed E-state index contributed by atoms with van der Waals surface area (Å²) in [4.78, 5) is 4.82. The van der Waals surface area contributed by atoms with E-state index in [4.69, 9.17) is 10.7 Å². The normalized spacial score (nSPS) is 11.4. The SMILES string of the molecule is CCc1cc(Cc2cc(CC)c(N=Cc3cccc(O)c3)c(CC)c2)cc(CC)c1N. The molecule has 3 aromatic rings. The van der Waals surface area contributed by atoms with Gasteiger partial charge < -0.3 is 10.8 Å². The van der Waals surface area contributed by atoms with E-state index in [0.29, 0.717) is 0 Å². The molecule has 0 saturated carbocycles. The summed E-state index contributed by atoms with van der Waals surface area (Å²) in [5.41, 5.74) is 16.9. The van der Waals surface area contributed by atoms with Crippen molar-refractivity contribution in [3.05, 3.63) is 87.5 Å². The van der Waals surface area contributed by atoms with Crippen LogP contribution in [-0.2, 0) is 32.1 Å². The van der Waals surface area contributed by atoms with Crippen molar-refractivity contribution in [3.63, 3.8) is 0 Å². The quantitative estimate of drug-likeness (QED) is 0.324. The molecule has 0 aromatic heterocycles. The van der Waals surface area contributed by atoms with Crippen molar-refractivity contribution in [2.45, 2.75) is 59.8 Å². The molecular formula is C28H34N2O. The monoisotopic (exact) mass is 414 g/mol. The van der Waals surface area contributed by atoms with E-state index in [1.165, 1.54) is 33.4 Å². The maximum absolute atomic E-state index is 9.71. The first-order valence-electron chi connectivity index (χ1n) is 11.4. The van der Waals surface area contributed by atoms with Crippen LogP contribution in [0.25, 0.3) is 0 Å². The number of nitrogen functional groups attached to an aromatic ring is 1. The van der Waals surface area contributed by atoms with Crippen LogP contribution >= 0.6 is 0 Å². The number of nitrogens with two attached hydrogens (primary N) is 1. The first-order valence-corrected chi connectivity index (χ1v) is 11.4. The average molecular weight is 415 g/mol. The molecule has 0 spiro atoms. The Labute approximate surface area is 186 Å². The summed E-state index contributed by atoms with van der Waals surface area (Å²) < 4.78 is 0. The van der Waals surface area contributed by atoms with Gasteiger partial charge in [0.25, 0.3) is 0 Å². The van der Waals surface area contributed by atoms with Gasteiger partial charge in [-0.2, -0.15) is 0 Å². The number of phenols is 1. The van der Waals surface area contributed by atoms with E-state index in [-0.39, 0.29) is 5.75 Å². The van der Waals surface area contributed by atoms with Crippen molar-refractivity contribution in [2.24, 2.45) is 4.99 Å². The third-order valence-electron chi connectivity index (χ3n) is 5.88. The van der Waals surface area contributed by atoms with Gasteiger partial charge in [-0.05, 0) is 83.2 Å². The first-order chi connectivity index (χ1) is 15.0. The molecule has 0 atom stereocenters. The number of phenolic OH excluding ortho intramolecular Hbond substituents is 1. The molecular weight excluding hydrogens is 380 g/mol. The molecule has 0 unspecified atom stereocenters. The standard InChI is InChI=1S/C28H34N2O/c1-5-22-13-20(14-23(6-2)27(22)29)12-21-15-24(7-3)28(25(8-4)16-21)30-18-19-10-9-11-26(31)17-19/h9-11,13-18,31H,5-8,12,29H2,1-4H3. The van der Waals surface area contributed by atoms with Crippen molar-refractivity contribution in [1.29, 1.82) is 0 Å². The van der Waals surface area contributed by atoms with Crippen LogP contribution in [0.5, 0.6) is 5.75 Å². The van der Waals surface area contributed by atoms with Gasteiger partial charge in [-0.3, -0.25) is 4.99 Å². The molecule has 0 bridgehead atoms. The fourth-order valence-electron chi connectivity index (χ4n) is 4.16. The largest absolute Gasteiger partial charge is 0.508 e. The molecule has 3 nitrogen and oxygen atoms in total. The number of aryl methyl sites for hydroxylation is 4. The van der Waals surface area contributed by atoms with Crippen molar-refractivity contribution in [3.8, 4) is 5.75 Å². The molecule has 162 valence electrons. The number of aromatic hydroxyl groups is 1. The average Bonchev–Trinajstić information content (AvgIpc) is 2.78. The summed E-state index contributed by atoms with van der Waals surface area (Å²) in [5.74, 6) is 0.257. The van der Waals surface area contributed by atoms with E-state index in [0.717, 1.165) is 49.0 Å². The summed E-state index contributed by atoms with van der Waals surface area (Å²) >= 11 is 0. The fourth-order valence-corrected chi connectivity index (χ4v) is 4.16. The Balaban J connectivity index is 1.97. The molecule has 0 amide bonds. The summed E-state index contributed by atoms with van der Waals surface area (Å²) in [6.07, 6.45) is 6.50. The Bertz CT molecular complexity index is 1030. The number of benzene rings is 3. The van der Waals surface area contributed by atoms with Crippen LogP contribution in [0, 0.1) is 0 Å². The predicted molar refractivity (Wildman–Crippen MR) is 133 cm³/mol. The van der Waals surface area contributed by atoms with Crippen LogP contribution in [0.2, 0.25) is 0 Å². The van der Waals surface area contributed by atoms with Gasteiger partial charge in [-0.1, -0.05) is 64.1 Å². The molecule has 0 aliphatic carbocycles. The predicted octanol–water partition coefficient (Wildman–Crippen LogP) is 6.57. The maximum atomic E-state index is 9.71. The molecule has 0 saturated heterocycles. The molecule has 31 heavy (non-hydrogen) atoms. The number of nitrogens with zero attached hydrogens (tertiary/aromatic N) is 1. The molecule has 0 aliphatic heterocycles. The highest BCUT2D eigenvalue weighted by Crippen LogP contribution is 2.30. The lowest BCUT2D eigenvalue weighted by Crippen LogP contribution is -2.02. The van der Waals surface area contributed by atoms with Crippen LogP contribution in [0.1, 0.15) is 66.6 Å². The van der Waals surface area contributed by atoms with Gasteiger partial charge in [0.15, 0.2) is 0 Å². The van der Waals surface area contributed by atoms with E-state index < -0.39 is 0 Å². The smallest absolute Gasteiger partial charge is 0.116 e. The Morgan fingerprint density at radius 2 is 1.29 bits per heavy atom. The van der Waals surface area contributed by atoms with Crippen molar-refractivity contribution >= 4 is 17.6 Å². The van der Waals surface area contributed by atoms with Gasteiger partial charge in [-0.25, -0.2) is 0 Å². The van der Waals surface area contributed by atoms with E-state index in [9.17, 15) is 5.11 Å². The lowest BCUT2D eigenvalue weighted by atomic mass is 9.93. The second kappa shape index (κ2) is 10.3. The van der Waals surface area contributed by atoms with Crippen LogP contribution in [-0.4, -0.2) is 11.3 Å². The maximum Gasteiger partial charge on any atom is 0.116 e. The zero-order valence-electron chi connectivity index (χ0n) is 19.2. The number of aliphatic imine (C=N–C) groups is 1. The lowest BCUT2D eigenvalue weighted by molar-refractivity contribution is 0.475. The third kappa shape index (κ3) is 5.35. The van der Waals surface area contributed by atoms with E-state index >= 15 is 0 Å². The minimum Gasteiger partial charge on any atom is -0.508 e. The number of hydrogen-bond acceptors (Lipinski definition) is 3. The van der Waals surface area contributed by atoms with Crippen LogP contribution in [0.4, 0.5) is 11.4 Å². The van der Waals surface area contributed by atoms with E-state index in [2.05, 4.69) is 52.0 Å². The highest BCUT2D eigenvalue weighted by atomic mass is 16.3. The zero-order valence-corrected chi connectivity index (χ0v) is 19.2. The Hall–Kier alpha value is -3.07. The molecule has 0 radical (unpaired) electrons. The minimum atomic E-state index is 0.257.